The highest BCUT2D eigenvalue weighted by Crippen LogP contribution is 2.47. The van der Waals surface area contributed by atoms with E-state index < -0.39 is 18.0 Å². The maximum absolute atomic E-state index is 12.6. The maximum Gasteiger partial charge on any atom is 0.389 e. The molecule has 1 amide bonds. The van der Waals surface area contributed by atoms with Crippen LogP contribution in [-0.4, -0.2) is 45.9 Å². The summed E-state index contributed by atoms with van der Waals surface area (Å²) in [6.07, 6.45) is -0.853. The number of furan rings is 1. The normalized spacial score (nSPS) is 23.8. The van der Waals surface area contributed by atoms with Gasteiger partial charge in [0.15, 0.2) is 0 Å². The van der Waals surface area contributed by atoms with Gasteiger partial charge in [0.25, 0.3) is 0 Å². The third-order valence-electron chi connectivity index (χ3n) is 6.34. The number of nitrogens with zero attached hydrogens (tertiary/aromatic N) is 1. The third kappa shape index (κ3) is 2.75. The van der Waals surface area contributed by atoms with Gasteiger partial charge in [-0.1, -0.05) is 31.2 Å². The van der Waals surface area contributed by atoms with Crippen molar-refractivity contribution in [3.8, 4) is 5.75 Å². The zero-order valence-electron chi connectivity index (χ0n) is 16.9. The van der Waals surface area contributed by atoms with E-state index in [0.717, 1.165) is 16.4 Å². The molecular weight excluding hydrogens is 402 g/mol. The predicted octanol–water partition coefficient (Wildman–Crippen LogP) is 3.09. The van der Waals surface area contributed by atoms with E-state index in [0.29, 0.717) is 16.9 Å². The molecule has 8 nitrogen and oxygen atoms in total. The molecule has 2 aromatic carbocycles. The molecule has 1 aromatic heterocycles. The molecule has 0 aliphatic carbocycles. The Hall–Kier alpha value is -3.36. The highest BCUT2D eigenvalue weighted by molar-refractivity contribution is 6.08. The second-order valence-corrected chi connectivity index (χ2v) is 8.02. The van der Waals surface area contributed by atoms with Gasteiger partial charge in [0.05, 0.1) is 23.4 Å². The Kier molecular flexibility index (Phi) is 4.49. The molecule has 1 saturated heterocycles. The number of amides is 1. The number of aliphatic hydroxyl groups excluding tert-OH is 1. The average Bonchev–Trinajstić information content (AvgIpc) is 3.25. The molecule has 160 valence electrons. The first kappa shape index (κ1) is 19.6. The van der Waals surface area contributed by atoms with Crippen molar-refractivity contribution in [3.05, 3.63) is 53.7 Å². The highest BCUT2D eigenvalue weighted by Gasteiger charge is 2.60. The largest absolute Gasteiger partial charge is 0.488 e. The Morgan fingerprint density at radius 1 is 1.19 bits per heavy atom. The number of hydrogen-bond acceptors (Lipinski definition) is 7. The van der Waals surface area contributed by atoms with Gasteiger partial charge in [0, 0.05) is 16.9 Å². The van der Waals surface area contributed by atoms with Crippen molar-refractivity contribution >= 4 is 33.8 Å². The number of hydrogen-bond donors (Lipinski definition) is 2. The molecule has 3 heterocycles. The Bertz CT molecular complexity index is 1240. The highest BCUT2D eigenvalue weighted by atomic mass is 17.1. The molecule has 8 heteroatoms. The summed E-state index contributed by atoms with van der Waals surface area (Å²) in [6, 6.07) is 12.7. The topological polar surface area (TPSA) is 109 Å². The number of carbonyl (C=O) groups is 2. The zero-order chi connectivity index (χ0) is 21.9. The monoisotopic (exact) mass is 423 g/mol. The van der Waals surface area contributed by atoms with Crippen LogP contribution in [0.25, 0.3) is 21.9 Å². The smallest absolute Gasteiger partial charge is 0.389 e. The zero-order valence-corrected chi connectivity index (χ0v) is 16.9. The van der Waals surface area contributed by atoms with Crippen molar-refractivity contribution in [2.45, 2.75) is 26.0 Å². The quantitative estimate of drug-likeness (QED) is 0.369. The first-order valence-corrected chi connectivity index (χ1v) is 10.1. The fraction of sp³-hybridized carbons (Fsp3) is 0.304. The van der Waals surface area contributed by atoms with E-state index in [-0.39, 0.29) is 30.2 Å². The van der Waals surface area contributed by atoms with E-state index in [9.17, 15) is 14.7 Å². The number of aliphatic hydroxyl groups is 1. The van der Waals surface area contributed by atoms with E-state index in [1.807, 2.05) is 49.4 Å². The molecule has 1 fully saturated rings. The summed E-state index contributed by atoms with van der Waals surface area (Å²) in [5.74, 6) is -1.68. The van der Waals surface area contributed by atoms with Crippen LogP contribution in [0.15, 0.2) is 58.2 Å². The molecule has 2 aliphatic rings. The van der Waals surface area contributed by atoms with Crippen LogP contribution in [0, 0.1) is 11.8 Å². The van der Waals surface area contributed by atoms with Crippen molar-refractivity contribution in [2.24, 2.45) is 11.8 Å². The van der Waals surface area contributed by atoms with Crippen molar-refractivity contribution in [1.29, 1.82) is 0 Å². The van der Waals surface area contributed by atoms with Crippen molar-refractivity contribution in [1.82, 2.24) is 4.90 Å². The minimum Gasteiger partial charge on any atom is -0.488 e. The number of ether oxygens (including phenoxy) is 1. The summed E-state index contributed by atoms with van der Waals surface area (Å²) in [4.78, 5) is 30.1. The molecule has 2 N–H and O–H groups in total. The van der Waals surface area contributed by atoms with Crippen LogP contribution in [0.3, 0.4) is 0 Å². The maximum atomic E-state index is 12.6. The van der Waals surface area contributed by atoms with Crippen molar-refractivity contribution in [2.75, 3.05) is 6.61 Å². The van der Waals surface area contributed by atoms with Gasteiger partial charge in [-0.05, 0) is 25.1 Å². The molecule has 5 rings (SSSR count). The molecule has 0 bridgehead atoms. The molecule has 3 aromatic rings. The Labute approximate surface area is 177 Å². The van der Waals surface area contributed by atoms with E-state index in [1.165, 1.54) is 4.90 Å². The second kappa shape index (κ2) is 7.11. The lowest BCUT2D eigenvalue weighted by atomic mass is 9.78. The second-order valence-electron chi connectivity index (χ2n) is 8.02. The lowest BCUT2D eigenvalue weighted by Gasteiger charge is -2.46. The molecular formula is C23H21NO7. The van der Waals surface area contributed by atoms with Crippen LogP contribution in [0.5, 0.6) is 5.75 Å². The van der Waals surface area contributed by atoms with Gasteiger partial charge < -0.3 is 19.2 Å². The van der Waals surface area contributed by atoms with Gasteiger partial charge in [-0.25, -0.2) is 4.79 Å². The van der Waals surface area contributed by atoms with Gasteiger partial charge in [0.2, 0.25) is 5.91 Å². The molecule has 0 saturated carbocycles. The molecule has 0 radical (unpaired) electrons. The van der Waals surface area contributed by atoms with Crippen molar-refractivity contribution < 1.29 is 34.0 Å². The van der Waals surface area contributed by atoms with Crippen LogP contribution in [0.2, 0.25) is 0 Å². The minimum atomic E-state index is -1.02. The average molecular weight is 423 g/mol. The SMILES string of the molecule is CC(O)C1C(=O)N2C(C(=O)OO)=C(COc3cccc4oc5ccccc5c34)C(C)C12. The summed E-state index contributed by atoms with van der Waals surface area (Å²) in [5.41, 5.74) is 1.92. The fourth-order valence-corrected chi connectivity index (χ4v) is 4.88. The third-order valence-corrected chi connectivity index (χ3v) is 6.34. The van der Waals surface area contributed by atoms with Crippen LogP contribution in [0.4, 0.5) is 0 Å². The summed E-state index contributed by atoms with van der Waals surface area (Å²) in [5, 5.41) is 20.7. The van der Waals surface area contributed by atoms with Gasteiger partial charge >= 0.3 is 5.97 Å². The van der Waals surface area contributed by atoms with Crippen LogP contribution in [-0.2, 0) is 14.5 Å². The molecule has 31 heavy (non-hydrogen) atoms. The first-order valence-electron chi connectivity index (χ1n) is 10.1. The first-order chi connectivity index (χ1) is 14.9. The summed E-state index contributed by atoms with van der Waals surface area (Å²) >= 11 is 0. The van der Waals surface area contributed by atoms with Crippen LogP contribution < -0.4 is 4.74 Å². The summed E-state index contributed by atoms with van der Waals surface area (Å²) < 4.78 is 12.0. The van der Waals surface area contributed by atoms with Crippen LogP contribution in [0.1, 0.15) is 13.8 Å². The van der Waals surface area contributed by atoms with E-state index in [2.05, 4.69) is 4.89 Å². The van der Waals surface area contributed by atoms with E-state index in [1.54, 1.807) is 6.92 Å². The number of carbonyl (C=O) groups excluding carboxylic acids is 2. The molecule has 0 spiro atoms. The van der Waals surface area contributed by atoms with Gasteiger partial charge in [-0.3, -0.25) is 9.68 Å². The number of β-lactam (4-membered cyclic amide) rings is 1. The molecule has 4 atom stereocenters. The van der Waals surface area contributed by atoms with E-state index >= 15 is 0 Å². The number of para-hydroxylation sites is 1. The lowest BCUT2D eigenvalue weighted by molar-refractivity contribution is -0.232. The minimum absolute atomic E-state index is 0.0109. The number of benzene rings is 2. The van der Waals surface area contributed by atoms with Crippen molar-refractivity contribution in [3.63, 3.8) is 0 Å². The number of rotatable bonds is 5. The molecule has 4 unspecified atom stereocenters. The number of fused-ring (bicyclic) bond motifs is 4. The Morgan fingerprint density at radius 3 is 2.68 bits per heavy atom. The Balaban J connectivity index is 1.52. The lowest BCUT2D eigenvalue weighted by Crippen LogP contribution is -2.63. The molecule has 2 aliphatic heterocycles. The summed E-state index contributed by atoms with van der Waals surface area (Å²) in [7, 11) is 0. The summed E-state index contributed by atoms with van der Waals surface area (Å²) in [6.45, 7) is 3.43. The Morgan fingerprint density at radius 2 is 1.94 bits per heavy atom. The van der Waals surface area contributed by atoms with Crippen LogP contribution >= 0.6 is 0 Å². The van der Waals surface area contributed by atoms with Gasteiger partial charge in [-0.2, -0.15) is 5.26 Å². The van der Waals surface area contributed by atoms with Gasteiger partial charge in [-0.15, -0.1) is 0 Å². The standard InChI is InChI=1S/C23H21NO7/c1-11-14(21(23(27)31-28)24-20(11)18(12(2)25)22(24)26)10-29-16-8-5-9-17-19(16)13-6-3-4-7-15(13)30-17/h3-9,11-12,18,20,25,28H,10H2,1-2H3. The fourth-order valence-electron chi connectivity index (χ4n) is 4.88. The van der Waals surface area contributed by atoms with Gasteiger partial charge in [0.1, 0.15) is 29.2 Å². The predicted molar refractivity (Wildman–Crippen MR) is 110 cm³/mol. The van der Waals surface area contributed by atoms with E-state index in [4.69, 9.17) is 14.4 Å².